The summed E-state index contributed by atoms with van der Waals surface area (Å²) in [5, 5.41) is 15.1. The highest BCUT2D eigenvalue weighted by Crippen LogP contribution is 2.42. The monoisotopic (exact) mass is 596 g/mol. The fraction of sp³-hybridized carbons (Fsp3) is 0.414. The zero-order valence-electron chi connectivity index (χ0n) is 23.3. The number of carbonyl (C=O) groups excluding carboxylic acids is 2. The molecule has 43 heavy (non-hydrogen) atoms. The second kappa shape index (κ2) is 11.2. The average Bonchev–Trinajstić information content (AvgIpc) is 3.58. The van der Waals surface area contributed by atoms with Gasteiger partial charge in [-0.25, -0.2) is 23.4 Å². The lowest BCUT2D eigenvalue weighted by Gasteiger charge is -2.20. The number of rotatable bonds is 9. The minimum atomic E-state index is -1.36. The number of anilines is 3. The number of aromatic nitrogens is 2. The average molecular weight is 597 g/mol. The number of fused-ring (bicyclic) bond motifs is 1. The van der Waals surface area contributed by atoms with Gasteiger partial charge in [0.15, 0.2) is 11.6 Å². The predicted molar refractivity (Wildman–Crippen MR) is 152 cm³/mol. The summed E-state index contributed by atoms with van der Waals surface area (Å²) in [4.78, 5) is 55.3. The highest BCUT2D eigenvalue weighted by Gasteiger charge is 2.34. The van der Waals surface area contributed by atoms with Crippen LogP contribution < -0.4 is 26.0 Å². The van der Waals surface area contributed by atoms with Gasteiger partial charge in [-0.15, -0.1) is 0 Å². The molecule has 3 fully saturated rings. The van der Waals surface area contributed by atoms with Gasteiger partial charge in [-0.1, -0.05) is 0 Å². The number of hydrogen-bond donors (Lipinski definition) is 3. The number of nitrogens with one attached hydrogen (secondary N) is 2. The first-order valence-corrected chi connectivity index (χ1v) is 14.1. The van der Waals surface area contributed by atoms with Gasteiger partial charge in [0.05, 0.1) is 30.7 Å². The van der Waals surface area contributed by atoms with E-state index in [1.807, 2.05) is 0 Å². The van der Waals surface area contributed by atoms with Crippen molar-refractivity contribution in [3.8, 4) is 0 Å². The molecular formula is C29H30F2N6O6. The van der Waals surface area contributed by atoms with E-state index >= 15 is 4.39 Å². The number of nitrogens with zero attached hydrogens (tertiary/aromatic N) is 4. The largest absolute Gasteiger partial charge is 0.477 e. The molecule has 3 aliphatic rings. The van der Waals surface area contributed by atoms with Crippen molar-refractivity contribution in [2.24, 2.45) is 5.92 Å². The molecule has 3 aromatic rings. The first-order valence-electron chi connectivity index (χ1n) is 14.1. The van der Waals surface area contributed by atoms with Crippen LogP contribution in [0.3, 0.4) is 0 Å². The van der Waals surface area contributed by atoms with Crippen molar-refractivity contribution in [1.82, 2.24) is 14.7 Å². The van der Waals surface area contributed by atoms with Crippen molar-refractivity contribution in [2.75, 3.05) is 47.8 Å². The van der Waals surface area contributed by atoms with Crippen molar-refractivity contribution >= 4 is 40.8 Å². The zero-order valence-corrected chi connectivity index (χ0v) is 23.3. The summed E-state index contributed by atoms with van der Waals surface area (Å²) in [7, 11) is 0. The number of hydrogen-bond acceptors (Lipinski definition) is 8. The maximum atomic E-state index is 15.2. The third kappa shape index (κ3) is 5.68. The van der Waals surface area contributed by atoms with Crippen molar-refractivity contribution in [3.63, 3.8) is 0 Å². The molecule has 4 heterocycles. The smallest absolute Gasteiger partial charge is 0.414 e. The molecule has 0 radical (unpaired) electrons. The predicted octanol–water partition coefficient (Wildman–Crippen LogP) is 2.95. The van der Waals surface area contributed by atoms with E-state index in [9.17, 15) is 28.7 Å². The van der Waals surface area contributed by atoms with Crippen LogP contribution in [0, 0.1) is 17.6 Å². The van der Waals surface area contributed by atoms with Gasteiger partial charge in [-0.05, 0) is 60.9 Å². The fourth-order valence-electron chi connectivity index (χ4n) is 5.64. The van der Waals surface area contributed by atoms with Gasteiger partial charge >= 0.3 is 12.1 Å². The first-order chi connectivity index (χ1) is 20.6. The number of cyclic esters (lactones) is 1. The molecule has 2 amide bonds. The Morgan fingerprint density at radius 2 is 1.88 bits per heavy atom. The van der Waals surface area contributed by atoms with Gasteiger partial charge in [0.1, 0.15) is 23.1 Å². The Morgan fingerprint density at radius 1 is 1.09 bits per heavy atom. The zero-order chi connectivity index (χ0) is 30.4. The molecule has 14 heteroatoms. The second-order valence-corrected chi connectivity index (χ2v) is 11.2. The molecule has 226 valence electrons. The molecule has 0 spiro atoms. The molecule has 2 aromatic heterocycles. The van der Waals surface area contributed by atoms with Gasteiger partial charge in [-0.3, -0.25) is 18.9 Å². The number of carboxylic acids is 1. The van der Waals surface area contributed by atoms with E-state index in [1.54, 1.807) is 17.0 Å². The van der Waals surface area contributed by atoms with E-state index < -0.39 is 40.9 Å². The van der Waals surface area contributed by atoms with Crippen LogP contribution in [0.4, 0.5) is 30.8 Å². The summed E-state index contributed by atoms with van der Waals surface area (Å²) in [6.07, 6.45) is 2.24. The van der Waals surface area contributed by atoms with E-state index in [1.165, 1.54) is 24.0 Å². The standard InChI is InChI=1S/C29H30F2N6O6/c1-15(38)32-11-19-13-36(29(42)43-19)18-4-5-24(22(30)8-18)33-10-16-6-7-35(12-16)26-23(31)14-37-25(34-26)20(17-2-3-17)9-21(27(37)39)28(40)41/h4-5,8-9,14,16-17,19,33H,2-3,6-7,10-13H2,1H3,(H,32,38)(H,40,41)/t16?,19-/m0/s1. The summed E-state index contributed by atoms with van der Waals surface area (Å²) in [5.74, 6) is -2.66. The fourth-order valence-corrected chi connectivity index (χ4v) is 5.64. The second-order valence-electron chi connectivity index (χ2n) is 11.2. The summed E-state index contributed by atoms with van der Waals surface area (Å²) in [6, 6.07) is 5.76. The van der Waals surface area contributed by atoms with Gasteiger partial charge < -0.3 is 25.4 Å². The van der Waals surface area contributed by atoms with Crippen molar-refractivity contribution in [2.45, 2.75) is 38.2 Å². The summed E-state index contributed by atoms with van der Waals surface area (Å²) < 4.78 is 36.4. The first kappa shape index (κ1) is 28.4. The molecule has 1 saturated carbocycles. The summed E-state index contributed by atoms with van der Waals surface area (Å²) in [6.45, 7) is 3.06. The van der Waals surface area contributed by atoms with Gasteiger partial charge in [0.25, 0.3) is 5.56 Å². The molecule has 0 bridgehead atoms. The van der Waals surface area contributed by atoms with Gasteiger partial charge in [-0.2, -0.15) is 0 Å². The van der Waals surface area contributed by atoms with Crippen LogP contribution in [0.15, 0.2) is 35.3 Å². The Kier molecular flexibility index (Phi) is 7.36. The Morgan fingerprint density at radius 3 is 2.58 bits per heavy atom. The van der Waals surface area contributed by atoms with Crippen LogP contribution in [0.5, 0.6) is 0 Å². The number of carbonyl (C=O) groups is 3. The Hall–Kier alpha value is -4.75. The number of halogens is 2. The van der Waals surface area contributed by atoms with E-state index in [-0.39, 0.29) is 48.0 Å². The Balaban J connectivity index is 1.12. The van der Waals surface area contributed by atoms with E-state index in [4.69, 9.17) is 4.74 Å². The van der Waals surface area contributed by atoms with Crippen LogP contribution in [0.1, 0.15) is 48.0 Å². The third-order valence-corrected chi connectivity index (χ3v) is 8.03. The summed E-state index contributed by atoms with van der Waals surface area (Å²) >= 11 is 0. The Labute approximate surface area is 244 Å². The van der Waals surface area contributed by atoms with Crippen molar-refractivity contribution in [3.05, 3.63) is 63.6 Å². The van der Waals surface area contributed by atoms with E-state index in [2.05, 4.69) is 15.6 Å². The number of carboxylic acid groups (broad SMARTS) is 1. The normalized spacial score (nSPS) is 20.0. The number of amides is 2. The van der Waals surface area contributed by atoms with Crippen LogP contribution in [0.25, 0.3) is 5.65 Å². The SMILES string of the molecule is CC(=O)NC[C@H]1CN(c2ccc(NCC3CCN(c4nc5c(C6CC6)cc(C(=O)O)c(=O)n5cc4F)C3)c(F)c2)C(=O)O1. The quantitative estimate of drug-likeness (QED) is 0.339. The molecule has 1 aromatic carbocycles. The topological polar surface area (TPSA) is 146 Å². The lowest BCUT2D eigenvalue weighted by atomic mass is 10.1. The number of aromatic carboxylic acids is 1. The summed E-state index contributed by atoms with van der Waals surface area (Å²) in [5.41, 5.74) is 0.243. The van der Waals surface area contributed by atoms with Crippen molar-refractivity contribution in [1.29, 1.82) is 0 Å². The molecule has 2 atom stereocenters. The minimum absolute atomic E-state index is 0.0408. The molecular weight excluding hydrogens is 566 g/mol. The maximum absolute atomic E-state index is 15.2. The van der Waals surface area contributed by atoms with E-state index in [0.717, 1.165) is 23.4 Å². The van der Waals surface area contributed by atoms with Crippen LogP contribution in [-0.2, 0) is 9.53 Å². The molecule has 1 unspecified atom stereocenters. The van der Waals surface area contributed by atoms with Crippen LogP contribution in [0.2, 0.25) is 0 Å². The number of ether oxygens (including phenoxy) is 1. The molecule has 12 nitrogen and oxygen atoms in total. The number of benzene rings is 1. The maximum Gasteiger partial charge on any atom is 0.414 e. The minimum Gasteiger partial charge on any atom is -0.477 e. The lowest BCUT2D eigenvalue weighted by Crippen LogP contribution is -2.33. The van der Waals surface area contributed by atoms with Crippen LogP contribution >= 0.6 is 0 Å². The highest BCUT2D eigenvalue weighted by atomic mass is 19.1. The third-order valence-electron chi connectivity index (χ3n) is 8.03. The Bertz CT molecular complexity index is 1690. The molecule has 3 N–H and O–H groups in total. The van der Waals surface area contributed by atoms with Crippen molar-refractivity contribution < 1.29 is 33.0 Å². The van der Waals surface area contributed by atoms with E-state index in [0.29, 0.717) is 37.3 Å². The lowest BCUT2D eigenvalue weighted by molar-refractivity contribution is -0.119. The van der Waals surface area contributed by atoms with Gasteiger partial charge in [0, 0.05) is 26.6 Å². The molecule has 1 aliphatic carbocycles. The van der Waals surface area contributed by atoms with Gasteiger partial charge in [0.2, 0.25) is 5.91 Å². The molecule has 2 aliphatic heterocycles. The van der Waals surface area contributed by atoms with Crippen LogP contribution in [-0.4, -0.2) is 71.3 Å². The number of pyridine rings is 1. The molecule has 2 saturated heterocycles. The highest BCUT2D eigenvalue weighted by molar-refractivity contribution is 5.90. The molecule has 6 rings (SSSR count).